The van der Waals surface area contributed by atoms with Gasteiger partial charge in [0, 0.05) is 19.0 Å². The lowest BCUT2D eigenvalue weighted by molar-refractivity contribution is -0.134. The van der Waals surface area contributed by atoms with E-state index in [-0.39, 0.29) is 24.4 Å². The average molecular weight is 308 g/mol. The third kappa shape index (κ3) is 4.65. The molecule has 0 heterocycles. The van der Waals surface area contributed by atoms with Crippen LogP contribution in [0, 0.1) is 0 Å². The normalized spacial score (nSPS) is 11.5. The Morgan fingerprint density at radius 2 is 1.95 bits per heavy atom. The van der Waals surface area contributed by atoms with Gasteiger partial charge in [-0.1, -0.05) is 6.92 Å². The van der Waals surface area contributed by atoms with E-state index in [4.69, 9.17) is 9.47 Å². The van der Waals surface area contributed by atoms with Crippen molar-refractivity contribution in [1.82, 2.24) is 4.90 Å². The van der Waals surface area contributed by atoms with Gasteiger partial charge in [-0.25, -0.2) is 0 Å². The summed E-state index contributed by atoms with van der Waals surface area (Å²) in [5.74, 6) is 0.760. The molecule has 0 aliphatic carbocycles. The van der Waals surface area contributed by atoms with Gasteiger partial charge in [0.15, 0.2) is 0 Å². The summed E-state index contributed by atoms with van der Waals surface area (Å²) in [5, 5.41) is 2.76. The number of nitrogens with zero attached hydrogens (tertiary/aromatic N) is 1. The average Bonchev–Trinajstić information content (AvgIpc) is 2.51. The largest absolute Gasteiger partial charge is 0.497 e. The van der Waals surface area contributed by atoms with E-state index in [0.29, 0.717) is 17.2 Å². The molecule has 0 saturated heterocycles. The highest BCUT2D eigenvalue weighted by Crippen LogP contribution is 2.28. The van der Waals surface area contributed by atoms with Crippen molar-refractivity contribution >= 4 is 17.5 Å². The van der Waals surface area contributed by atoms with Crippen LogP contribution in [0.2, 0.25) is 0 Å². The van der Waals surface area contributed by atoms with Crippen LogP contribution in [-0.4, -0.2) is 43.5 Å². The van der Waals surface area contributed by atoms with Crippen molar-refractivity contribution < 1.29 is 19.1 Å². The fourth-order valence-corrected chi connectivity index (χ4v) is 2.04. The van der Waals surface area contributed by atoms with Crippen LogP contribution in [-0.2, 0) is 9.59 Å². The smallest absolute Gasteiger partial charge is 0.244 e. The van der Waals surface area contributed by atoms with Crippen LogP contribution in [0.1, 0.15) is 27.2 Å². The zero-order valence-corrected chi connectivity index (χ0v) is 13.8. The second-order valence-corrected chi connectivity index (χ2v) is 5.02. The molecule has 6 nitrogen and oxygen atoms in total. The topological polar surface area (TPSA) is 67.9 Å². The Hall–Kier alpha value is -2.24. The molecule has 0 aliphatic rings. The third-order valence-corrected chi connectivity index (χ3v) is 3.52. The first-order valence-electron chi connectivity index (χ1n) is 7.22. The monoisotopic (exact) mass is 308 g/mol. The molecule has 1 unspecified atom stereocenters. The summed E-state index contributed by atoms with van der Waals surface area (Å²) in [6.45, 7) is 5.38. The number of amides is 2. The molecule has 0 radical (unpaired) electrons. The number of anilines is 1. The number of carbonyl (C=O) groups excluding carboxylic acids is 2. The van der Waals surface area contributed by atoms with E-state index in [2.05, 4.69) is 5.32 Å². The van der Waals surface area contributed by atoms with E-state index in [0.717, 1.165) is 6.42 Å². The van der Waals surface area contributed by atoms with E-state index >= 15 is 0 Å². The first-order valence-corrected chi connectivity index (χ1v) is 7.22. The molecule has 0 aromatic heterocycles. The second kappa shape index (κ2) is 8.26. The number of rotatable bonds is 7. The van der Waals surface area contributed by atoms with E-state index in [9.17, 15) is 9.59 Å². The summed E-state index contributed by atoms with van der Waals surface area (Å²) in [6, 6.07) is 5.14. The Morgan fingerprint density at radius 3 is 2.45 bits per heavy atom. The van der Waals surface area contributed by atoms with E-state index in [1.807, 2.05) is 13.8 Å². The zero-order chi connectivity index (χ0) is 16.7. The maximum atomic E-state index is 12.2. The van der Waals surface area contributed by atoms with Crippen LogP contribution in [0.4, 0.5) is 5.69 Å². The number of hydrogen-bond acceptors (Lipinski definition) is 4. The number of nitrogens with one attached hydrogen (secondary N) is 1. The Balaban J connectivity index is 2.81. The van der Waals surface area contributed by atoms with Gasteiger partial charge in [0.25, 0.3) is 0 Å². The molecule has 0 spiro atoms. The standard InChI is InChI=1S/C16H24N2O4/c1-6-11(2)18(12(3)19)10-16(20)17-14-8-7-13(21-4)9-15(14)22-5/h7-9,11H,6,10H2,1-5H3,(H,17,20). The molecular formula is C16H24N2O4. The van der Waals surface area contributed by atoms with Crippen molar-refractivity contribution in [2.75, 3.05) is 26.1 Å². The third-order valence-electron chi connectivity index (χ3n) is 3.52. The fourth-order valence-electron chi connectivity index (χ4n) is 2.04. The van der Waals surface area contributed by atoms with Gasteiger partial charge in [0.2, 0.25) is 11.8 Å². The predicted octanol–water partition coefficient (Wildman–Crippen LogP) is 2.29. The van der Waals surface area contributed by atoms with Gasteiger partial charge in [-0.15, -0.1) is 0 Å². The highest BCUT2D eigenvalue weighted by Gasteiger charge is 2.19. The van der Waals surface area contributed by atoms with Crippen LogP contribution >= 0.6 is 0 Å². The Bertz CT molecular complexity index is 531. The van der Waals surface area contributed by atoms with Crippen molar-refractivity contribution in [2.45, 2.75) is 33.2 Å². The number of benzene rings is 1. The molecule has 22 heavy (non-hydrogen) atoms. The number of ether oxygens (including phenoxy) is 2. The summed E-state index contributed by atoms with van der Waals surface area (Å²) >= 11 is 0. The predicted molar refractivity (Wildman–Crippen MR) is 85.3 cm³/mol. The molecule has 1 N–H and O–H groups in total. The summed E-state index contributed by atoms with van der Waals surface area (Å²) in [4.78, 5) is 25.4. The lowest BCUT2D eigenvalue weighted by atomic mass is 10.2. The van der Waals surface area contributed by atoms with Crippen molar-refractivity contribution in [3.05, 3.63) is 18.2 Å². The van der Waals surface area contributed by atoms with E-state index in [1.54, 1.807) is 30.2 Å². The van der Waals surface area contributed by atoms with Crippen LogP contribution in [0.25, 0.3) is 0 Å². The van der Waals surface area contributed by atoms with Gasteiger partial charge >= 0.3 is 0 Å². The van der Waals surface area contributed by atoms with Crippen molar-refractivity contribution in [1.29, 1.82) is 0 Å². The minimum atomic E-state index is -0.265. The van der Waals surface area contributed by atoms with Gasteiger partial charge in [0.1, 0.15) is 18.0 Å². The molecule has 1 aromatic rings. The summed E-state index contributed by atoms with van der Waals surface area (Å²) in [7, 11) is 3.08. The maximum Gasteiger partial charge on any atom is 0.244 e. The van der Waals surface area contributed by atoms with Crippen LogP contribution in [0.5, 0.6) is 11.5 Å². The first-order chi connectivity index (χ1) is 10.4. The molecule has 0 fully saturated rings. The Morgan fingerprint density at radius 1 is 1.27 bits per heavy atom. The molecule has 0 saturated carbocycles. The van der Waals surface area contributed by atoms with Crippen molar-refractivity contribution in [3.8, 4) is 11.5 Å². The molecule has 122 valence electrons. The highest BCUT2D eigenvalue weighted by atomic mass is 16.5. The molecule has 2 amide bonds. The summed E-state index contributed by atoms with van der Waals surface area (Å²) < 4.78 is 10.3. The zero-order valence-electron chi connectivity index (χ0n) is 13.8. The van der Waals surface area contributed by atoms with E-state index in [1.165, 1.54) is 14.0 Å². The lowest BCUT2D eigenvalue weighted by Crippen LogP contribution is -2.42. The van der Waals surface area contributed by atoms with Gasteiger partial charge in [-0.2, -0.15) is 0 Å². The van der Waals surface area contributed by atoms with Crippen LogP contribution < -0.4 is 14.8 Å². The minimum absolute atomic E-state index is 0.0134. The first kappa shape index (κ1) is 17.8. The number of methoxy groups -OCH3 is 2. The van der Waals surface area contributed by atoms with Gasteiger partial charge < -0.3 is 19.7 Å². The molecule has 0 bridgehead atoms. The number of carbonyl (C=O) groups is 2. The van der Waals surface area contributed by atoms with Crippen LogP contribution in [0.15, 0.2) is 18.2 Å². The van der Waals surface area contributed by atoms with E-state index < -0.39 is 0 Å². The second-order valence-electron chi connectivity index (χ2n) is 5.02. The Labute approximate surface area is 131 Å². The number of hydrogen-bond donors (Lipinski definition) is 1. The quantitative estimate of drug-likeness (QED) is 0.839. The Kier molecular flexibility index (Phi) is 6.69. The molecule has 1 aromatic carbocycles. The fraction of sp³-hybridized carbons (Fsp3) is 0.500. The summed E-state index contributed by atoms with van der Waals surface area (Å²) in [5.41, 5.74) is 0.543. The molecule has 6 heteroatoms. The van der Waals surface area contributed by atoms with Crippen molar-refractivity contribution in [2.24, 2.45) is 0 Å². The SMILES string of the molecule is CCC(C)N(CC(=O)Nc1ccc(OC)cc1OC)C(C)=O. The maximum absolute atomic E-state index is 12.2. The lowest BCUT2D eigenvalue weighted by Gasteiger charge is -2.26. The highest BCUT2D eigenvalue weighted by molar-refractivity contribution is 5.95. The summed E-state index contributed by atoms with van der Waals surface area (Å²) in [6.07, 6.45) is 0.790. The van der Waals surface area contributed by atoms with Gasteiger partial charge in [0.05, 0.1) is 19.9 Å². The molecule has 1 atom stereocenters. The van der Waals surface area contributed by atoms with Crippen molar-refractivity contribution in [3.63, 3.8) is 0 Å². The molecule has 0 aliphatic heterocycles. The van der Waals surface area contributed by atoms with Gasteiger partial charge in [-0.05, 0) is 25.5 Å². The molecular weight excluding hydrogens is 284 g/mol. The minimum Gasteiger partial charge on any atom is -0.497 e. The van der Waals surface area contributed by atoms with Gasteiger partial charge in [-0.3, -0.25) is 9.59 Å². The van der Waals surface area contributed by atoms with Crippen LogP contribution in [0.3, 0.4) is 0 Å². The molecule has 1 rings (SSSR count).